The largest absolute Gasteiger partial charge is 0.447 e. The monoisotopic (exact) mass is 235 g/mol. The summed E-state index contributed by atoms with van der Waals surface area (Å²) in [5, 5.41) is 8.43. The highest BCUT2D eigenvalue weighted by atomic mass is 16.6. The van der Waals surface area contributed by atoms with Crippen LogP contribution in [0.5, 0.6) is 0 Å². The van der Waals surface area contributed by atoms with Crippen molar-refractivity contribution in [1.82, 2.24) is 4.90 Å². The Morgan fingerprint density at radius 1 is 1.12 bits per heavy atom. The summed E-state index contributed by atoms with van der Waals surface area (Å²) < 4.78 is 9.86. The fourth-order valence-electron chi connectivity index (χ4n) is 1.05. The summed E-state index contributed by atoms with van der Waals surface area (Å²) in [5.74, 6) is 0. The standard InChI is InChI=1S/C9H21N3O4/c10-1-3-12(4-2-11)9(14)16-8-7-15-6-5-13/h13H,1-8,10-11H2. The van der Waals surface area contributed by atoms with Gasteiger partial charge in [-0.25, -0.2) is 4.79 Å². The van der Waals surface area contributed by atoms with Crippen LogP contribution in [0.25, 0.3) is 0 Å². The van der Waals surface area contributed by atoms with Crippen molar-refractivity contribution in [3.05, 3.63) is 0 Å². The molecule has 0 aliphatic carbocycles. The average molecular weight is 235 g/mol. The maximum atomic E-state index is 11.4. The molecule has 5 N–H and O–H groups in total. The van der Waals surface area contributed by atoms with Crippen LogP contribution in [-0.4, -0.2) is 68.7 Å². The van der Waals surface area contributed by atoms with Gasteiger partial charge >= 0.3 is 6.09 Å². The minimum absolute atomic E-state index is 0.0413. The average Bonchev–Trinajstić information content (AvgIpc) is 2.28. The Morgan fingerprint density at radius 2 is 1.75 bits per heavy atom. The summed E-state index contributed by atoms with van der Waals surface area (Å²) in [6.07, 6.45) is -0.441. The molecule has 0 radical (unpaired) electrons. The van der Waals surface area contributed by atoms with Crippen molar-refractivity contribution in [3.63, 3.8) is 0 Å². The van der Waals surface area contributed by atoms with Gasteiger partial charge in [0.1, 0.15) is 6.61 Å². The van der Waals surface area contributed by atoms with Crippen LogP contribution in [0.3, 0.4) is 0 Å². The normalized spacial score (nSPS) is 10.2. The lowest BCUT2D eigenvalue weighted by Gasteiger charge is -2.20. The van der Waals surface area contributed by atoms with Gasteiger partial charge in [0, 0.05) is 26.2 Å². The van der Waals surface area contributed by atoms with Crippen molar-refractivity contribution < 1.29 is 19.4 Å². The first-order valence-corrected chi connectivity index (χ1v) is 5.26. The van der Waals surface area contributed by atoms with Crippen molar-refractivity contribution in [2.45, 2.75) is 0 Å². The van der Waals surface area contributed by atoms with Crippen LogP contribution in [0.4, 0.5) is 4.79 Å². The highest BCUT2D eigenvalue weighted by Crippen LogP contribution is 1.92. The van der Waals surface area contributed by atoms with Crippen LogP contribution in [0, 0.1) is 0 Å². The maximum Gasteiger partial charge on any atom is 0.409 e. The van der Waals surface area contributed by atoms with E-state index >= 15 is 0 Å². The number of ether oxygens (including phenoxy) is 2. The molecule has 7 nitrogen and oxygen atoms in total. The summed E-state index contributed by atoms with van der Waals surface area (Å²) in [7, 11) is 0. The number of carbonyl (C=O) groups excluding carboxylic acids is 1. The number of hydrogen-bond donors (Lipinski definition) is 3. The van der Waals surface area contributed by atoms with Crippen molar-refractivity contribution >= 4 is 6.09 Å². The fourth-order valence-corrected chi connectivity index (χ4v) is 1.05. The van der Waals surface area contributed by atoms with Crippen LogP contribution in [0.1, 0.15) is 0 Å². The van der Waals surface area contributed by atoms with Crippen LogP contribution in [-0.2, 0) is 9.47 Å². The second kappa shape index (κ2) is 10.6. The number of amides is 1. The Hall–Kier alpha value is -0.890. The van der Waals surface area contributed by atoms with E-state index in [0.29, 0.717) is 26.2 Å². The molecular formula is C9H21N3O4. The van der Waals surface area contributed by atoms with E-state index in [-0.39, 0.29) is 26.4 Å². The zero-order chi connectivity index (χ0) is 12.2. The number of carbonyl (C=O) groups is 1. The van der Waals surface area contributed by atoms with Gasteiger partial charge in [-0.2, -0.15) is 0 Å². The third-order valence-electron chi connectivity index (χ3n) is 1.75. The van der Waals surface area contributed by atoms with Gasteiger partial charge in [0.15, 0.2) is 0 Å². The molecule has 0 saturated heterocycles. The first kappa shape index (κ1) is 15.1. The molecule has 0 fully saturated rings. The van der Waals surface area contributed by atoms with Crippen molar-refractivity contribution in [2.75, 3.05) is 52.6 Å². The lowest BCUT2D eigenvalue weighted by Crippen LogP contribution is -2.39. The molecule has 0 aliphatic heterocycles. The van der Waals surface area contributed by atoms with Gasteiger partial charge in [-0.1, -0.05) is 0 Å². The molecule has 0 spiro atoms. The van der Waals surface area contributed by atoms with Gasteiger partial charge < -0.3 is 30.9 Å². The van der Waals surface area contributed by atoms with Crippen LogP contribution in [0.2, 0.25) is 0 Å². The maximum absolute atomic E-state index is 11.4. The lowest BCUT2D eigenvalue weighted by molar-refractivity contribution is 0.0422. The molecule has 1 amide bonds. The predicted octanol–water partition coefficient (Wildman–Crippen LogP) is -1.65. The van der Waals surface area contributed by atoms with E-state index in [1.54, 1.807) is 0 Å². The molecule has 0 unspecified atom stereocenters. The van der Waals surface area contributed by atoms with Gasteiger partial charge in [-0.3, -0.25) is 0 Å². The zero-order valence-electron chi connectivity index (χ0n) is 9.43. The number of hydrogen-bond acceptors (Lipinski definition) is 6. The summed E-state index contributed by atoms with van der Waals surface area (Å²) in [6.45, 7) is 2.22. The van der Waals surface area contributed by atoms with Crippen LogP contribution >= 0.6 is 0 Å². The molecule has 0 aromatic heterocycles. The van der Waals surface area contributed by atoms with Gasteiger partial charge in [0.2, 0.25) is 0 Å². The van der Waals surface area contributed by atoms with Gasteiger partial charge in [0.25, 0.3) is 0 Å². The van der Waals surface area contributed by atoms with Crippen LogP contribution in [0.15, 0.2) is 0 Å². The van der Waals surface area contributed by atoms with Gasteiger partial charge in [0.05, 0.1) is 19.8 Å². The Labute approximate surface area is 95.3 Å². The SMILES string of the molecule is NCCN(CCN)C(=O)OCCOCCO. The second-order valence-electron chi connectivity index (χ2n) is 3.01. The first-order chi connectivity index (χ1) is 7.76. The molecule has 0 rings (SSSR count). The quantitative estimate of drug-likeness (QED) is 0.413. The van der Waals surface area contributed by atoms with Gasteiger partial charge in [-0.15, -0.1) is 0 Å². The number of nitrogens with two attached hydrogens (primary N) is 2. The summed E-state index contributed by atoms with van der Waals surface area (Å²) in [5.41, 5.74) is 10.7. The zero-order valence-corrected chi connectivity index (χ0v) is 9.43. The van der Waals surface area contributed by atoms with E-state index < -0.39 is 6.09 Å². The summed E-state index contributed by atoms with van der Waals surface area (Å²) >= 11 is 0. The smallest absolute Gasteiger partial charge is 0.409 e. The highest BCUT2D eigenvalue weighted by Gasteiger charge is 2.12. The molecule has 0 heterocycles. The molecule has 0 aromatic carbocycles. The van der Waals surface area contributed by atoms with E-state index in [9.17, 15) is 4.79 Å². The third kappa shape index (κ3) is 7.41. The minimum atomic E-state index is -0.441. The molecule has 0 aliphatic rings. The number of aliphatic hydroxyl groups is 1. The minimum Gasteiger partial charge on any atom is -0.447 e. The van der Waals surface area contributed by atoms with E-state index in [1.807, 2.05) is 0 Å². The summed E-state index contributed by atoms with van der Waals surface area (Å²) in [6, 6.07) is 0. The molecule has 7 heteroatoms. The Bertz CT molecular complexity index is 174. The van der Waals surface area contributed by atoms with Crippen LogP contribution < -0.4 is 11.5 Å². The molecule has 0 atom stereocenters. The van der Waals surface area contributed by atoms with Crippen molar-refractivity contribution in [2.24, 2.45) is 11.5 Å². The number of aliphatic hydroxyl groups excluding tert-OH is 1. The Kier molecular flexibility index (Phi) is 10.0. The molecule has 96 valence electrons. The Morgan fingerprint density at radius 3 is 2.25 bits per heavy atom. The molecular weight excluding hydrogens is 214 g/mol. The third-order valence-corrected chi connectivity index (χ3v) is 1.75. The topological polar surface area (TPSA) is 111 Å². The number of nitrogens with zero attached hydrogens (tertiary/aromatic N) is 1. The molecule has 16 heavy (non-hydrogen) atoms. The van der Waals surface area contributed by atoms with Gasteiger partial charge in [-0.05, 0) is 0 Å². The highest BCUT2D eigenvalue weighted by molar-refractivity contribution is 5.67. The molecule has 0 saturated carbocycles. The first-order valence-electron chi connectivity index (χ1n) is 5.26. The van der Waals surface area contributed by atoms with Crippen molar-refractivity contribution in [1.29, 1.82) is 0 Å². The summed E-state index contributed by atoms with van der Waals surface area (Å²) in [4.78, 5) is 12.9. The fraction of sp³-hybridized carbons (Fsp3) is 0.889. The molecule has 0 aromatic rings. The van der Waals surface area contributed by atoms with E-state index in [0.717, 1.165) is 0 Å². The van der Waals surface area contributed by atoms with E-state index in [1.165, 1.54) is 4.90 Å². The Balaban J connectivity index is 3.65. The lowest BCUT2D eigenvalue weighted by atomic mass is 10.5. The van der Waals surface area contributed by atoms with E-state index in [2.05, 4.69) is 0 Å². The van der Waals surface area contributed by atoms with E-state index in [4.69, 9.17) is 26.0 Å². The van der Waals surface area contributed by atoms with Crippen molar-refractivity contribution in [3.8, 4) is 0 Å². The number of rotatable bonds is 9. The predicted molar refractivity (Wildman–Crippen MR) is 58.9 cm³/mol. The molecule has 0 bridgehead atoms. The second-order valence-corrected chi connectivity index (χ2v) is 3.01.